The van der Waals surface area contributed by atoms with Gasteiger partial charge in [0.2, 0.25) is 0 Å². The summed E-state index contributed by atoms with van der Waals surface area (Å²) in [6.07, 6.45) is 0. The fourth-order valence-electron chi connectivity index (χ4n) is 5.74. The van der Waals surface area contributed by atoms with Crippen molar-refractivity contribution in [2.45, 2.75) is 0 Å². The molecule has 0 fully saturated rings. The molecule has 0 heterocycles. The zero-order valence-corrected chi connectivity index (χ0v) is 27.8. The van der Waals surface area contributed by atoms with Crippen molar-refractivity contribution >= 4 is 45.4 Å². The van der Waals surface area contributed by atoms with Crippen molar-refractivity contribution in [1.82, 2.24) is 0 Å². The SMILES string of the molecule is COc1cc(-c2ccc3ccccc3c2[Se]c2c(-c3cc(OC)c(OC)c(OC)c3)ccc3ccccc23)cc(OC)c1OC. The van der Waals surface area contributed by atoms with Gasteiger partial charge in [-0.05, 0) is 0 Å². The van der Waals surface area contributed by atoms with E-state index in [0.29, 0.717) is 34.5 Å². The van der Waals surface area contributed by atoms with Gasteiger partial charge in [0, 0.05) is 0 Å². The van der Waals surface area contributed by atoms with Crippen molar-refractivity contribution < 1.29 is 28.4 Å². The summed E-state index contributed by atoms with van der Waals surface area (Å²) in [6, 6.07) is 33.9. The fraction of sp³-hybridized carbons (Fsp3) is 0.158. The normalized spacial score (nSPS) is 11.0. The van der Waals surface area contributed by atoms with Crippen LogP contribution in [0.25, 0.3) is 43.8 Å². The summed E-state index contributed by atoms with van der Waals surface area (Å²) in [5, 5.41) is 4.76. The average molecular weight is 666 g/mol. The van der Waals surface area contributed by atoms with E-state index in [-0.39, 0.29) is 15.0 Å². The number of benzene rings is 6. The summed E-state index contributed by atoms with van der Waals surface area (Å²) in [5.41, 5.74) is 4.19. The fourth-order valence-corrected chi connectivity index (χ4v) is 8.65. The molecule has 0 aliphatic rings. The first-order chi connectivity index (χ1) is 22.0. The van der Waals surface area contributed by atoms with Crippen LogP contribution in [-0.4, -0.2) is 57.6 Å². The van der Waals surface area contributed by atoms with Crippen LogP contribution in [-0.2, 0) is 0 Å². The van der Waals surface area contributed by atoms with Crippen molar-refractivity contribution in [2.75, 3.05) is 42.7 Å². The van der Waals surface area contributed by atoms with Crippen LogP contribution in [0.2, 0.25) is 0 Å². The molecule has 0 saturated heterocycles. The zero-order valence-electron chi connectivity index (χ0n) is 26.1. The molecule has 0 atom stereocenters. The van der Waals surface area contributed by atoms with E-state index in [1.165, 1.54) is 30.5 Å². The van der Waals surface area contributed by atoms with E-state index in [4.69, 9.17) is 28.4 Å². The Labute approximate surface area is 269 Å². The molecule has 0 saturated carbocycles. The molecule has 0 radical (unpaired) electrons. The van der Waals surface area contributed by atoms with Gasteiger partial charge in [-0.25, -0.2) is 0 Å². The molecular weight excluding hydrogens is 631 g/mol. The Hall–Kier alpha value is -4.84. The predicted octanol–water partition coefficient (Wildman–Crippen LogP) is 7.03. The number of hydrogen-bond acceptors (Lipinski definition) is 6. The second-order valence-corrected chi connectivity index (χ2v) is 12.4. The number of rotatable bonds is 10. The Kier molecular flexibility index (Phi) is 8.74. The average Bonchev–Trinajstić information content (AvgIpc) is 3.10. The van der Waals surface area contributed by atoms with Gasteiger partial charge in [0.25, 0.3) is 0 Å². The standard InChI is InChI=1S/C38H34O6Se/c1-39-31-19-25(20-32(40-2)35(31)43-5)29-17-15-23-11-7-9-13-27(23)37(29)45-38-28-14-10-8-12-24(28)16-18-30(38)26-21-33(41-3)36(44-6)34(22-26)42-4/h7-22H,1-6H3. The van der Waals surface area contributed by atoms with Gasteiger partial charge >= 0.3 is 270 Å². The van der Waals surface area contributed by atoms with Gasteiger partial charge < -0.3 is 0 Å². The predicted molar refractivity (Wildman–Crippen MR) is 183 cm³/mol. The van der Waals surface area contributed by atoms with Crippen molar-refractivity contribution in [1.29, 1.82) is 0 Å². The topological polar surface area (TPSA) is 55.4 Å². The molecule has 6 rings (SSSR count). The van der Waals surface area contributed by atoms with Gasteiger partial charge in [0.05, 0.1) is 0 Å². The molecule has 0 aromatic heterocycles. The molecule has 0 amide bonds. The number of ether oxygens (including phenoxy) is 6. The minimum absolute atomic E-state index is 0.160. The first-order valence-corrected chi connectivity index (χ1v) is 16.1. The van der Waals surface area contributed by atoms with Gasteiger partial charge in [0.15, 0.2) is 0 Å². The Balaban J connectivity index is 1.64. The van der Waals surface area contributed by atoms with Crippen LogP contribution in [0.15, 0.2) is 97.1 Å². The Morgan fingerprint density at radius 3 is 1.09 bits per heavy atom. The molecule has 0 unspecified atom stereocenters. The zero-order chi connectivity index (χ0) is 31.5. The molecule has 6 nitrogen and oxygen atoms in total. The van der Waals surface area contributed by atoms with Crippen molar-refractivity contribution in [3.8, 4) is 56.8 Å². The second kappa shape index (κ2) is 13.0. The molecule has 228 valence electrons. The third kappa shape index (κ3) is 5.50. The number of methoxy groups -OCH3 is 6. The molecule has 0 N–H and O–H groups in total. The van der Waals surface area contributed by atoms with Crippen LogP contribution in [0, 0.1) is 0 Å². The molecule has 0 aliphatic carbocycles. The third-order valence-electron chi connectivity index (χ3n) is 7.91. The van der Waals surface area contributed by atoms with E-state index in [0.717, 1.165) is 22.3 Å². The second-order valence-electron chi connectivity index (χ2n) is 10.3. The van der Waals surface area contributed by atoms with E-state index >= 15 is 0 Å². The van der Waals surface area contributed by atoms with Gasteiger partial charge in [-0.3, -0.25) is 0 Å². The third-order valence-corrected chi connectivity index (χ3v) is 10.6. The van der Waals surface area contributed by atoms with Crippen molar-refractivity contribution in [3.63, 3.8) is 0 Å². The first kappa shape index (κ1) is 30.2. The van der Waals surface area contributed by atoms with Crippen molar-refractivity contribution in [2.24, 2.45) is 0 Å². The molecule has 0 spiro atoms. The molecule has 7 heteroatoms. The van der Waals surface area contributed by atoms with Crippen LogP contribution >= 0.6 is 0 Å². The van der Waals surface area contributed by atoms with Gasteiger partial charge in [0.1, 0.15) is 0 Å². The molecule has 0 bridgehead atoms. The van der Waals surface area contributed by atoms with E-state index in [1.54, 1.807) is 42.7 Å². The van der Waals surface area contributed by atoms with Crippen LogP contribution < -0.4 is 37.3 Å². The number of fused-ring (bicyclic) bond motifs is 2. The number of hydrogen-bond donors (Lipinski definition) is 0. The maximum absolute atomic E-state index is 5.75. The van der Waals surface area contributed by atoms with Crippen LogP contribution in [0.1, 0.15) is 0 Å². The van der Waals surface area contributed by atoms with Crippen LogP contribution in [0.3, 0.4) is 0 Å². The molecule has 45 heavy (non-hydrogen) atoms. The monoisotopic (exact) mass is 666 g/mol. The minimum atomic E-state index is -0.160. The Bertz CT molecular complexity index is 1820. The summed E-state index contributed by atoms with van der Waals surface area (Å²) in [4.78, 5) is 0. The first-order valence-electron chi connectivity index (χ1n) is 14.4. The van der Waals surface area contributed by atoms with Gasteiger partial charge in [-0.2, -0.15) is 0 Å². The summed E-state index contributed by atoms with van der Waals surface area (Å²) < 4.78 is 36.8. The van der Waals surface area contributed by atoms with Gasteiger partial charge in [-0.1, -0.05) is 0 Å². The van der Waals surface area contributed by atoms with Gasteiger partial charge in [-0.15, -0.1) is 0 Å². The molecule has 0 aliphatic heterocycles. The summed E-state index contributed by atoms with van der Waals surface area (Å²) >= 11 is -0.160. The van der Waals surface area contributed by atoms with E-state index in [9.17, 15) is 0 Å². The molecule has 6 aromatic carbocycles. The maximum atomic E-state index is 5.75. The summed E-state index contributed by atoms with van der Waals surface area (Å²) in [6.45, 7) is 0. The molecular formula is C38H34O6Se. The van der Waals surface area contributed by atoms with E-state index < -0.39 is 0 Å². The van der Waals surface area contributed by atoms with E-state index in [1.807, 2.05) is 24.3 Å². The Morgan fingerprint density at radius 2 is 0.756 bits per heavy atom. The quantitative estimate of drug-likeness (QED) is 0.147. The summed E-state index contributed by atoms with van der Waals surface area (Å²) in [7, 11) is 9.82. The van der Waals surface area contributed by atoms with Crippen LogP contribution in [0.4, 0.5) is 0 Å². The Morgan fingerprint density at radius 1 is 0.400 bits per heavy atom. The van der Waals surface area contributed by atoms with E-state index in [2.05, 4.69) is 72.8 Å². The van der Waals surface area contributed by atoms with Crippen molar-refractivity contribution in [3.05, 3.63) is 97.1 Å². The molecule has 6 aromatic rings. The van der Waals surface area contributed by atoms with Crippen LogP contribution in [0.5, 0.6) is 34.5 Å². The summed E-state index contributed by atoms with van der Waals surface area (Å²) in [5.74, 6) is 3.58.